The number of rotatable bonds is 6. The second kappa shape index (κ2) is 8.23. The van der Waals surface area contributed by atoms with E-state index in [1.807, 2.05) is 32.9 Å². The highest BCUT2D eigenvalue weighted by Gasteiger charge is 2.31. The minimum Gasteiger partial charge on any atom is -0.372 e. The zero-order chi connectivity index (χ0) is 18.6. The number of carbonyl (C=O) groups excluding carboxylic acids is 2. The van der Waals surface area contributed by atoms with Crippen molar-refractivity contribution in [1.82, 2.24) is 10.2 Å². The van der Waals surface area contributed by atoms with Gasteiger partial charge in [0.25, 0.3) is 0 Å². The average molecular weight is 346 g/mol. The van der Waals surface area contributed by atoms with E-state index in [-0.39, 0.29) is 24.0 Å². The fourth-order valence-corrected chi connectivity index (χ4v) is 3.24. The van der Waals surface area contributed by atoms with Gasteiger partial charge in [-0.3, -0.25) is 4.79 Å². The maximum absolute atomic E-state index is 12.3. The molecule has 6 heteroatoms. The molecular formula is C19H30N4O2. The van der Waals surface area contributed by atoms with Crippen LogP contribution in [0, 0.1) is 6.92 Å². The largest absolute Gasteiger partial charge is 0.372 e. The third kappa shape index (κ3) is 4.65. The molecule has 25 heavy (non-hydrogen) atoms. The lowest BCUT2D eigenvalue weighted by Crippen LogP contribution is -2.41. The number of nitrogens with one attached hydrogen (secondary N) is 2. The van der Waals surface area contributed by atoms with E-state index in [0.717, 1.165) is 30.0 Å². The number of carbonyl (C=O) groups is 2. The van der Waals surface area contributed by atoms with E-state index in [1.165, 1.54) is 0 Å². The molecular weight excluding hydrogens is 316 g/mol. The van der Waals surface area contributed by atoms with E-state index >= 15 is 0 Å². The number of benzene rings is 1. The van der Waals surface area contributed by atoms with Crippen LogP contribution in [0.5, 0.6) is 0 Å². The fraction of sp³-hybridized carbons (Fsp3) is 0.579. The molecule has 2 N–H and O–H groups in total. The molecule has 0 aromatic heterocycles. The van der Waals surface area contributed by atoms with Crippen molar-refractivity contribution in [2.45, 2.75) is 53.1 Å². The molecule has 2 rings (SSSR count). The van der Waals surface area contributed by atoms with Crippen molar-refractivity contribution >= 4 is 23.3 Å². The van der Waals surface area contributed by atoms with Gasteiger partial charge in [-0.05, 0) is 58.4 Å². The smallest absolute Gasteiger partial charge is 0.319 e. The van der Waals surface area contributed by atoms with Crippen molar-refractivity contribution in [2.75, 3.05) is 29.9 Å². The first-order chi connectivity index (χ1) is 11.8. The Kier molecular flexibility index (Phi) is 6.28. The second-order valence-corrected chi connectivity index (χ2v) is 6.81. The Bertz CT molecular complexity index is 626. The molecule has 0 radical (unpaired) electrons. The minimum atomic E-state index is -0.262. The Morgan fingerprint density at radius 2 is 2.00 bits per heavy atom. The quantitative estimate of drug-likeness (QED) is 0.832. The number of likely N-dealkylation sites (tertiary alicyclic amines) is 1. The SMILES string of the molecule is CCN(CC)c1ccc(NC(=O)NC2CC(=O)N(C(C)C)C2)c(C)c1. The van der Waals surface area contributed by atoms with Gasteiger partial charge in [0.15, 0.2) is 0 Å². The first kappa shape index (κ1) is 19.1. The average Bonchev–Trinajstić information content (AvgIpc) is 2.91. The van der Waals surface area contributed by atoms with Crippen LogP contribution < -0.4 is 15.5 Å². The maximum atomic E-state index is 12.3. The molecule has 0 bridgehead atoms. The third-order valence-electron chi connectivity index (χ3n) is 4.70. The van der Waals surface area contributed by atoms with Crippen molar-refractivity contribution in [3.05, 3.63) is 23.8 Å². The summed E-state index contributed by atoms with van der Waals surface area (Å²) in [7, 11) is 0. The predicted octanol–water partition coefficient (Wildman–Crippen LogP) is 2.97. The topological polar surface area (TPSA) is 64.7 Å². The summed E-state index contributed by atoms with van der Waals surface area (Å²) in [4.78, 5) is 28.3. The maximum Gasteiger partial charge on any atom is 0.319 e. The molecule has 1 aliphatic rings. The zero-order valence-corrected chi connectivity index (χ0v) is 15.9. The van der Waals surface area contributed by atoms with E-state index in [9.17, 15) is 9.59 Å². The molecule has 3 amide bonds. The molecule has 1 fully saturated rings. The van der Waals surface area contributed by atoms with Gasteiger partial charge in [-0.2, -0.15) is 0 Å². The first-order valence-electron chi connectivity index (χ1n) is 9.08. The molecule has 1 atom stereocenters. The molecule has 0 saturated carbocycles. The summed E-state index contributed by atoms with van der Waals surface area (Å²) < 4.78 is 0. The van der Waals surface area contributed by atoms with Gasteiger partial charge >= 0.3 is 6.03 Å². The van der Waals surface area contributed by atoms with Crippen molar-refractivity contribution in [3.63, 3.8) is 0 Å². The number of urea groups is 1. The standard InChI is InChI=1S/C19H30N4O2/c1-6-22(7-2)16-8-9-17(14(5)10-16)21-19(25)20-15-11-18(24)23(12-15)13(3)4/h8-10,13,15H,6-7,11-12H2,1-5H3,(H2,20,21,25). The molecule has 1 saturated heterocycles. The van der Waals surface area contributed by atoms with Crippen LogP contribution >= 0.6 is 0 Å². The van der Waals surface area contributed by atoms with Crippen LogP contribution in [-0.4, -0.2) is 48.6 Å². The Labute approximate surface area is 150 Å². The molecule has 1 aromatic carbocycles. The van der Waals surface area contributed by atoms with E-state index < -0.39 is 0 Å². The third-order valence-corrected chi connectivity index (χ3v) is 4.70. The molecule has 1 aromatic rings. The number of amides is 3. The van der Waals surface area contributed by atoms with Gasteiger partial charge in [0.2, 0.25) is 5.91 Å². The van der Waals surface area contributed by atoms with Crippen LogP contribution in [-0.2, 0) is 4.79 Å². The van der Waals surface area contributed by atoms with Crippen LogP contribution in [0.4, 0.5) is 16.2 Å². The number of aryl methyl sites for hydroxylation is 1. The van der Waals surface area contributed by atoms with Crippen molar-refractivity contribution in [2.24, 2.45) is 0 Å². The van der Waals surface area contributed by atoms with Gasteiger partial charge < -0.3 is 20.4 Å². The summed E-state index contributed by atoms with van der Waals surface area (Å²) in [5.74, 6) is 0.0973. The highest BCUT2D eigenvalue weighted by Crippen LogP contribution is 2.23. The summed E-state index contributed by atoms with van der Waals surface area (Å²) in [6.07, 6.45) is 0.367. The van der Waals surface area contributed by atoms with Gasteiger partial charge in [0.1, 0.15) is 0 Å². The van der Waals surface area contributed by atoms with E-state index in [1.54, 1.807) is 4.90 Å². The molecule has 1 unspecified atom stereocenters. The monoisotopic (exact) mass is 346 g/mol. The van der Waals surface area contributed by atoms with E-state index in [0.29, 0.717) is 13.0 Å². The van der Waals surface area contributed by atoms with E-state index in [4.69, 9.17) is 0 Å². The lowest BCUT2D eigenvalue weighted by atomic mass is 10.1. The molecule has 1 heterocycles. The van der Waals surface area contributed by atoms with Crippen LogP contribution in [0.3, 0.4) is 0 Å². The van der Waals surface area contributed by atoms with Crippen LogP contribution in [0.1, 0.15) is 39.7 Å². The van der Waals surface area contributed by atoms with Crippen LogP contribution in [0.15, 0.2) is 18.2 Å². The Morgan fingerprint density at radius 3 is 2.52 bits per heavy atom. The van der Waals surface area contributed by atoms with Gasteiger partial charge in [-0.15, -0.1) is 0 Å². The summed E-state index contributed by atoms with van der Waals surface area (Å²) in [6, 6.07) is 5.81. The molecule has 6 nitrogen and oxygen atoms in total. The Hall–Kier alpha value is -2.24. The number of nitrogens with zero attached hydrogens (tertiary/aromatic N) is 2. The highest BCUT2D eigenvalue weighted by molar-refractivity contribution is 5.91. The lowest BCUT2D eigenvalue weighted by molar-refractivity contribution is -0.129. The Balaban J connectivity index is 1.96. The number of hydrogen-bond donors (Lipinski definition) is 2. The Morgan fingerprint density at radius 1 is 1.32 bits per heavy atom. The van der Waals surface area contributed by atoms with Gasteiger partial charge in [-0.1, -0.05) is 0 Å². The summed E-state index contributed by atoms with van der Waals surface area (Å²) in [5, 5.41) is 5.81. The van der Waals surface area contributed by atoms with Gasteiger partial charge in [-0.25, -0.2) is 4.79 Å². The number of anilines is 2. The fourth-order valence-electron chi connectivity index (χ4n) is 3.24. The van der Waals surface area contributed by atoms with E-state index in [2.05, 4.69) is 35.4 Å². The molecule has 138 valence electrons. The summed E-state index contributed by atoms with van der Waals surface area (Å²) in [6.45, 7) is 12.7. The normalized spacial score (nSPS) is 17.1. The summed E-state index contributed by atoms with van der Waals surface area (Å²) in [5.41, 5.74) is 2.96. The van der Waals surface area contributed by atoms with Crippen molar-refractivity contribution < 1.29 is 9.59 Å². The predicted molar refractivity (Wildman–Crippen MR) is 102 cm³/mol. The second-order valence-electron chi connectivity index (χ2n) is 6.81. The zero-order valence-electron chi connectivity index (χ0n) is 15.9. The first-order valence-corrected chi connectivity index (χ1v) is 9.08. The van der Waals surface area contributed by atoms with Gasteiger partial charge in [0, 0.05) is 43.5 Å². The minimum absolute atomic E-state index is 0.0973. The van der Waals surface area contributed by atoms with Crippen molar-refractivity contribution in [1.29, 1.82) is 0 Å². The lowest BCUT2D eigenvalue weighted by Gasteiger charge is -2.23. The van der Waals surface area contributed by atoms with Gasteiger partial charge in [0.05, 0.1) is 6.04 Å². The molecule has 1 aliphatic heterocycles. The van der Waals surface area contributed by atoms with Crippen LogP contribution in [0.2, 0.25) is 0 Å². The van der Waals surface area contributed by atoms with Crippen molar-refractivity contribution in [3.8, 4) is 0 Å². The molecule has 0 aliphatic carbocycles. The van der Waals surface area contributed by atoms with Crippen LogP contribution in [0.25, 0.3) is 0 Å². The summed E-state index contributed by atoms with van der Waals surface area (Å²) >= 11 is 0. The number of hydrogen-bond acceptors (Lipinski definition) is 3. The highest BCUT2D eigenvalue weighted by atomic mass is 16.2. The molecule has 0 spiro atoms.